The van der Waals surface area contributed by atoms with Crippen molar-refractivity contribution in [3.63, 3.8) is 0 Å². The lowest BCUT2D eigenvalue weighted by molar-refractivity contribution is -0.119. The lowest BCUT2D eigenvalue weighted by Gasteiger charge is -2.27. The van der Waals surface area contributed by atoms with Crippen LogP contribution in [-0.2, 0) is 21.4 Å². The number of hydrogen-bond acceptors (Lipinski definition) is 4. The number of halogens is 1. The maximum Gasteiger partial charge on any atom is 0.254 e. The van der Waals surface area contributed by atoms with Gasteiger partial charge in [0, 0.05) is 18.2 Å². The van der Waals surface area contributed by atoms with E-state index in [9.17, 15) is 18.0 Å². The molecule has 0 spiro atoms. The average Bonchev–Trinajstić information content (AvgIpc) is 2.87. The van der Waals surface area contributed by atoms with Crippen LogP contribution in [0.1, 0.15) is 36.7 Å². The van der Waals surface area contributed by atoms with Gasteiger partial charge in [-0.3, -0.25) is 9.59 Å². The number of sulfonamides is 1. The fraction of sp³-hybridized carbons (Fsp3) is 0.333. The van der Waals surface area contributed by atoms with Crippen molar-refractivity contribution in [2.75, 3.05) is 10.1 Å². The quantitative estimate of drug-likeness (QED) is 0.719. The first-order valence-corrected chi connectivity index (χ1v) is 11.3. The van der Waals surface area contributed by atoms with Crippen molar-refractivity contribution < 1.29 is 18.0 Å². The number of anilines is 1. The highest BCUT2D eigenvalue weighted by Gasteiger charge is 2.43. The Morgan fingerprint density at radius 2 is 1.86 bits per heavy atom. The monoisotopic (exact) mass is 434 g/mol. The van der Waals surface area contributed by atoms with E-state index in [0.717, 1.165) is 9.87 Å². The second kappa shape index (κ2) is 8.16. The molecular formula is C21H23ClN2O4S. The molecule has 2 aromatic rings. The van der Waals surface area contributed by atoms with Gasteiger partial charge in [-0.05, 0) is 37.6 Å². The molecule has 1 atom stereocenters. The molecule has 0 aliphatic carbocycles. The second-order valence-corrected chi connectivity index (χ2v) is 9.73. The molecule has 1 heterocycles. The fourth-order valence-corrected chi connectivity index (χ4v) is 5.38. The zero-order valence-corrected chi connectivity index (χ0v) is 18.1. The third kappa shape index (κ3) is 4.31. The van der Waals surface area contributed by atoms with Crippen LogP contribution in [0.15, 0.2) is 48.5 Å². The van der Waals surface area contributed by atoms with Crippen LogP contribution in [0.4, 0.5) is 5.69 Å². The van der Waals surface area contributed by atoms with Crippen LogP contribution < -0.4 is 4.31 Å². The summed E-state index contributed by atoms with van der Waals surface area (Å²) >= 11 is 6.21. The third-order valence-electron chi connectivity index (χ3n) is 4.85. The second-order valence-electron chi connectivity index (χ2n) is 7.46. The van der Waals surface area contributed by atoms with Crippen LogP contribution in [-0.4, -0.2) is 36.9 Å². The Morgan fingerprint density at radius 1 is 1.21 bits per heavy atom. The first-order chi connectivity index (χ1) is 13.6. The lowest BCUT2D eigenvalue weighted by atomic mass is 10.1. The van der Waals surface area contributed by atoms with Crippen LogP contribution in [0.25, 0.3) is 0 Å². The molecule has 2 amide bonds. The topological polar surface area (TPSA) is 74.8 Å². The van der Waals surface area contributed by atoms with Crippen molar-refractivity contribution in [1.82, 2.24) is 4.90 Å². The van der Waals surface area contributed by atoms with Gasteiger partial charge >= 0.3 is 0 Å². The molecule has 1 aliphatic heterocycles. The molecular weight excluding hydrogens is 412 g/mol. The summed E-state index contributed by atoms with van der Waals surface area (Å²) in [7, 11) is -3.81. The van der Waals surface area contributed by atoms with Crippen molar-refractivity contribution in [1.29, 1.82) is 0 Å². The number of rotatable bonds is 5. The predicted molar refractivity (Wildman–Crippen MR) is 113 cm³/mol. The van der Waals surface area contributed by atoms with E-state index < -0.39 is 21.8 Å². The summed E-state index contributed by atoms with van der Waals surface area (Å²) in [5, 5.41) is 0.103. The molecule has 1 aliphatic rings. The smallest absolute Gasteiger partial charge is 0.254 e. The molecule has 154 valence electrons. The Morgan fingerprint density at radius 3 is 2.41 bits per heavy atom. The summed E-state index contributed by atoms with van der Waals surface area (Å²) in [6.45, 7) is 5.79. The Hall–Kier alpha value is -2.38. The van der Waals surface area contributed by atoms with E-state index in [1.807, 2.05) is 44.2 Å². The molecule has 29 heavy (non-hydrogen) atoms. The van der Waals surface area contributed by atoms with Crippen LogP contribution >= 0.6 is 11.6 Å². The van der Waals surface area contributed by atoms with Crippen LogP contribution in [0.5, 0.6) is 0 Å². The number of carbonyl (C=O) groups excluding carboxylic acids is 2. The van der Waals surface area contributed by atoms with E-state index >= 15 is 0 Å². The zero-order chi connectivity index (χ0) is 21.3. The number of amides is 2. The highest BCUT2D eigenvalue weighted by molar-refractivity contribution is 7.94. The van der Waals surface area contributed by atoms with E-state index in [1.54, 1.807) is 17.9 Å². The summed E-state index contributed by atoms with van der Waals surface area (Å²) in [6.07, 6.45) is 0. The summed E-state index contributed by atoms with van der Waals surface area (Å²) in [4.78, 5) is 27.3. The normalized spacial score (nSPS) is 18.3. The molecule has 0 aromatic heterocycles. The van der Waals surface area contributed by atoms with Crippen molar-refractivity contribution in [2.45, 2.75) is 33.4 Å². The maximum atomic E-state index is 13.2. The minimum absolute atomic E-state index is 0.0234. The zero-order valence-electron chi connectivity index (χ0n) is 16.5. The molecule has 3 rings (SSSR count). The Labute approximate surface area is 176 Å². The summed E-state index contributed by atoms with van der Waals surface area (Å²) < 4.78 is 25.6. The van der Waals surface area contributed by atoms with Gasteiger partial charge in [0.2, 0.25) is 15.9 Å². The van der Waals surface area contributed by atoms with Crippen molar-refractivity contribution in [3.8, 4) is 0 Å². The van der Waals surface area contributed by atoms with Crippen LogP contribution in [0, 0.1) is 5.92 Å². The van der Waals surface area contributed by atoms with Gasteiger partial charge in [-0.25, -0.2) is 12.7 Å². The van der Waals surface area contributed by atoms with Gasteiger partial charge in [-0.15, -0.1) is 0 Å². The largest absolute Gasteiger partial charge is 0.332 e. The van der Waals surface area contributed by atoms with Crippen molar-refractivity contribution in [2.24, 2.45) is 5.92 Å². The van der Waals surface area contributed by atoms with Gasteiger partial charge in [-0.1, -0.05) is 48.9 Å². The van der Waals surface area contributed by atoms with Crippen LogP contribution in [0.3, 0.4) is 0 Å². The van der Waals surface area contributed by atoms with Crippen LogP contribution in [0.2, 0.25) is 5.02 Å². The van der Waals surface area contributed by atoms with Gasteiger partial charge in [-0.2, -0.15) is 0 Å². The Balaban J connectivity index is 1.98. The van der Waals surface area contributed by atoms with E-state index in [1.165, 1.54) is 12.1 Å². The summed E-state index contributed by atoms with van der Waals surface area (Å²) in [5.41, 5.74) is 1.28. The molecule has 1 fully saturated rings. The summed E-state index contributed by atoms with van der Waals surface area (Å²) in [5.74, 6) is -1.73. The fourth-order valence-electron chi connectivity index (χ4n) is 3.30. The Kier molecular flexibility index (Phi) is 6.00. The van der Waals surface area contributed by atoms with E-state index in [-0.39, 0.29) is 34.0 Å². The summed E-state index contributed by atoms with van der Waals surface area (Å²) in [6, 6.07) is 13.9. The SMILES string of the molecule is CC1CS(=O)(=O)N(c2cc(C(=O)N(Cc3ccccc3)C(C)C)ccc2Cl)C1=O. The highest BCUT2D eigenvalue weighted by Crippen LogP contribution is 2.35. The molecule has 0 bridgehead atoms. The number of benzene rings is 2. The molecule has 0 radical (unpaired) electrons. The van der Waals surface area contributed by atoms with Gasteiger partial charge in [0.15, 0.2) is 0 Å². The number of hydrogen-bond donors (Lipinski definition) is 0. The number of carbonyl (C=O) groups is 2. The molecule has 1 saturated heterocycles. The maximum absolute atomic E-state index is 13.2. The first kappa shape index (κ1) is 21.3. The average molecular weight is 435 g/mol. The first-order valence-electron chi connectivity index (χ1n) is 9.33. The van der Waals surface area contributed by atoms with Crippen molar-refractivity contribution in [3.05, 3.63) is 64.7 Å². The van der Waals surface area contributed by atoms with Gasteiger partial charge < -0.3 is 4.90 Å². The molecule has 6 nitrogen and oxygen atoms in total. The standard InChI is InChI=1S/C21H23ClN2O4S/c1-14(2)23(12-16-7-5-4-6-8-16)21(26)17-9-10-18(22)19(11-17)24-20(25)15(3)13-29(24,27)28/h4-11,14-15H,12-13H2,1-3H3. The minimum Gasteiger partial charge on any atom is -0.332 e. The van der Waals surface area contributed by atoms with E-state index in [4.69, 9.17) is 11.6 Å². The molecule has 8 heteroatoms. The van der Waals surface area contributed by atoms with Crippen molar-refractivity contribution >= 4 is 39.1 Å². The molecule has 1 unspecified atom stereocenters. The Bertz CT molecular complexity index is 1040. The molecule has 0 saturated carbocycles. The predicted octanol–water partition coefficient (Wildman–Crippen LogP) is 3.70. The van der Waals surface area contributed by atoms with E-state index in [2.05, 4.69) is 0 Å². The molecule has 2 aromatic carbocycles. The third-order valence-corrected chi connectivity index (χ3v) is 7.03. The highest BCUT2D eigenvalue weighted by atomic mass is 35.5. The number of nitrogens with zero attached hydrogens (tertiary/aromatic N) is 2. The molecule has 0 N–H and O–H groups in total. The van der Waals surface area contributed by atoms with E-state index in [0.29, 0.717) is 6.54 Å². The van der Waals surface area contributed by atoms with Gasteiger partial charge in [0.25, 0.3) is 5.91 Å². The van der Waals surface area contributed by atoms with Gasteiger partial charge in [0.1, 0.15) is 0 Å². The minimum atomic E-state index is -3.81. The lowest BCUT2D eigenvalue weighted by Crippen LogP contribution is -2.36. The van der Waals surface area contributed by atoms with Gasteiger partial charge in [0.05, 0.1) is 22.4 Å².